The van der Waals surface area contributed by atoms with Crippen molar-refractivity contribution in [1.82, 2.24) is 20.2 Å². The number of hydrogen-bond acceptors (Lipinski definition) is 7. The summed E-state index contributed by atoms with van der Waals surface area (Å²) in [7, 11) is 0. The second-order valence-corrected chi connectivity index (χ2v) is 11.0. The van der Waals surface area contributed by atoms with E-state index in [4.69, 9.17) is 9.84 Å². The number of nitrogens with one attached hydrogen (secondary N) is 1. The first-order chi connectivity index (χ1) is 20.4. The van der Waals surface area contributed by atoms with Crippen molar-refractivity contribution in [2.24, 2.45) is 5.10 Å². The van der Waals surface area contributed by atoms with E-state index in [0.717, 1.165) is 67.0 Å². The van der Waals surface area contributed by atoms with Crippen molar-refractivity contribution in [2.45, 2.75) is 85.7 Å². The number of pyridine rings is 1. The van der Waals surface area contributed by atoms with Crippen molar-refractivity contribution < 1.29 is 14.3 Å². The Balaban J connectivity index is 0.00000198. The molecule has 2 fully saturated rings. The quantitative estimate of drug-likeness (QED) is 0.498. The Morgan fingerprint density at radius 3 is 2.45 bits per heavy atom. The standard InChI is InChI=1S/C31H42N6O3.C2H6/c1-5-21(3)26(31(39)36-15-13-35(14-16-36)28-8-7-23(6-2)20-32-28)19-27-22(4)34-30(38)25-9-12-33-37(29(25)27)24-10-17-40-18-11-24;1-2/h7-8,12,19-20,22,24H,5-6,9-11,13-18H2,1-4H3,(H,34,38);1-2H3/b26-21+,27-19+;. The summed E-state index contributed by atoms with van der Waals surface area (Å²) in [4.78, 5) is 35.9. The van der Waals surface area contributed by atoms with Crippen LogP contribution in [0.2, 0.25) is 0 Å². The highest BCUT2D eigenvalue weighted by atomic mass is 16.5. The van der Waals surface area contributed by atoms with Gasteiger partial charge in [-0.1, -0.05) is 39.3 Å². The lowest BCUT2D eigenvalue weighted by Gasteiger charge is -2.41. The summed E-state index contributed by atoms with van der Waals surface area (Å²) in [5, 5.41) is 9.92. The van der Waals surface area contributed by atoms with Gasteiger partial charge >= 0.3 is 0 Å². The third kappa shape index (κ3) is 6.77. The SMILES string of the molecule is CC.CC/C(C)=C(\C=C1\C2=C(CC=NN2C2CCOCC2)C(=O)NC1C)C(=O)N1CCN(c2ccc(CC)cn2)CC1. The van der Waals surface area contributed by atoms with Crippen molar-refractivity contribution >= 4 is 23.8 Å². The van der Waals surface area contributed by atoms with E-state index in [1.807, 2.05) is 56.1 Å². The number of rotatable bonds is 6. The lowest BCUT2D eigenvalue weighted by atomic mass is 9.89. The summed E-state index contributed by atoms with van der Waals surface area (Å²) >= 11 is 0. The smallest absolute Gasteiger partial charge is 0.253 e. The Morgan fingerprint density at radius 2 is 1.83 bits per heavy atom. The first kappa shape index (κ1) is 31.5. The molecule has 0 aliphatic carbocycles. The zero-order valence-electron chi connectivity index (χ0n) is 26.3. The Bertz CT molecular complexity index is 1230. The molecule has 1 atom stereocenters. The number of hydrogen-bond donors (Lipinski definition) is 1. The molecule has 0 bridgehead atoms. The van der Waals surface area contributed by atoms with E-state index in [-0.39, 0.29) is 23.9 Å². The molecule has 42 heavy (non-hydrogen) atoms. The van der Waals surface area contributed by atoms with E-state index in [2.05, 4.69) is 41.2 Å². The number of aryl methyl sites for hydroxylation is 1. The van der Waals surface area contributed by atoms with Gasteiger partial charge < -0.3 is 19.9 Å². The maximum absolute atomic E-state index is 14.0. The van der Waals surface area contributed by atoms with Gasteiger partial charge in [0.05, 0.1) is 17.8 Å². The number of carbonyl (C=O) groups excluding carboxylic acids is 2. The minimum absolute atomic E-state index is 0.0453. The molecular formula is C33H48N6O3. The fourth-order valence-electron chi connectivity index (χ4n) is 5.82. The van der Waals surface area contributed by atoms with Crippen LogP contribution >= 0.6 is 0 Å². The van der Waals surface area contributed by atoms with Crippen molar-refractivity contribution in [1.29, 1.82) is 0 Å². The highest BCUT2D eigenvalue weighted by Crippen LogP contribution is 2.36. The number of anilines is 1. The lowest BCUT2D eigenvalue weighted by molar-refractivity contribution is -0.127. The van der Waals surface area contributed by atoms with Gasteiger partial charge in [-0.3, -0.25) is 14.6 Å². The summed E-state index contributed by atoms with van der Waals surface area (Å²) in [5.41, 5.74) is 5.52. The molecule has 2 saturated heterocycles. The van der Waals surface area contributed by atoms with E-state index in [0.29, 0.717) is 38.3 Å². The molecule has 0 aromatic carbocycles. The van der Waals surface area contributed by atoms with E-state index >= 15 is 0 Å². The van der Waals surface area contributed by atoms with Crippen molar-refractivity contribution in [3.8, 4) is 0 Å². The van der Waals surface area contributed by atoms with Gasteiger partial charge in [0.15, 0.2) is 0 Å². The van der Waals surface area contributed by atoms with E-state index < -0.39 is 0 Å². The van der Waals surface area contributed by atoms with Crippen LogP contribution < -0.4 is 10.2 Å². The molecule has 5 rings (SSSR count). The van der Waals surface area contributed by atoms with Gasteiger partial charge in [-0.15, -0.1) is 0 Å². The monoisotopic (exact) mass is 576 g/mol. The average molecular weight is 577 g/mol. The molecule has 1 unspecified atom stereocenters. The summed E-state index contributed by atoms with van der Waals surface area (Å²) < 4.78 is 5.60. The minimum atomic E-state index is -0.233. The van der Waals surface area contributed by atoms with Gasteiger partial charge in [0, 0.05) is 74.9 Å². The lowest BCUT2D eigenvalue weighted by Crippen LogP contribution is -2.50. The summed E-state index contributed by atoms with van der Waals surface area (Å²) in [6.45, 7) is 16.4. The van der Waals surface area contributed by atoms with Gasteiger partial charge in [0.25, 0.3) is 5.91 Å². The molecular weight excluding hydrogens is 528 g/mol. The number of nitrogens with zero attached hydrogens (tertiary/aromatic N) is 5. The molecule has 4 aliphatic heterocycles. The number of allylic oxidation sites excluding steroid dienone is 1. The first-order valence-corrected chi connectivity index (χ1v) is 15.8. The molecule has 228 valence electrons. The average Bonchev–Trinajstić information content (AvgIpc) is 3.05. The predicted molar refractivity (Wildman–Crippen MR) is 168 cm³/mol. The third-order valence-corrected chi connectivity index (χ3v) is 8.54. The van der Waals surface area contributed by atoms with Gasteiger partial charge in [-0.05, 0) is 57.2 Å². The number of hydrazone groups is 1. The van der Waals surface area contributed by atoms with Crippen LogP contribution in [0.15, 0.2) is 57.5 Å². The minimum Gasteiger partial charge on any atom is -0.381 e. The van der Waals surface area contributed by atoms with Gasteiger partial charge in [-0.2, -0.15) is 5.10 Å². The van der Waals surface area contributed by atoms with Gasteiger partial charge in [-0.25, -0.2) is 4.98 Å². The molecule has 1 aromatic rings. The maximum Gasteiger partial charge on any atom is 0.253 e. The van der Waals surface area contributed by atoms with Crippen molar-refractivity contribution in [3.63, 3.8) is 0 Å². The molecule has 1 N–H and O–H groups in total. The van der Waals surface area contributed by atoms with Gasteiger partial charge in [0.1, 0.15) is 5.82 Å². The van der Waals surface area contributed by atoms with Crippen LogP contribution in [-0.4, -0.2) is 84.4 Å². The second-order valence-electron chi connectivity index (χ2n) is 11.0. The molecule has 9 nitrogen and oxygen atoms in total. The Labute approximate surface area is 251 Å². The van der Waals surface area contributed by atoms with E-state index in [1.54, 1.807) is 0 Å². The second kappa shape index (κ2) is 14.6. The van der Waals surface area contributed by atoms with E-state index in [1.165, 1.54) is 5.56 Å². The normalized spacial score (nSPS) is 22.8. The summed E-state index contributed by atoms with van der Waals surface area (Å²) in [6, 6.07) is 4.14. The third-order valence-electron chi connectivity index (χ3n) is 8.54. The molecule has 0 radical (unpaired) electrons. The maximum atomic E-state index is 14.0. The zero-order valence-corrected chi connectivity index (χ0v) is 26.3. The molecule has 0 spiro atoms. The molecule has 1 aromatic heterocycles. The first-order valence-electron chi connectivity index (χ1n) is 15.8. The molecule has 2 amide bonds. The molecule has 5 heterocycles. The number of aromatic nitrogens is 1. The molecule has 0 saturated carbocycles. The van der Waals surface area contributed by atoms with Crippen molar-refractivity contribution in [2.75, 3.05) is 44.3 Å². The largest absolute Gasteiger partial charge is 0.381 e. The van der Waals surface area contributed by atoms with Crippen LogP contribution in [0, 0.1) is 0 Å². The van der Waals surface area contributed by atoms with Crippen LogP contribution in [0.3, 0.4) is 0 Å². The van der Waals surface area contributed by atoms with Crippen LogP contribution in [0.4, 0.5) is 5.82 Å². The Morgan fingerprint density at radius 1 is 1.12 bits per heavy atom. The fraction of sp³-hybridized carbons (Fsp3) is 0.576. The van der Waals surface area contributed by atoms with Gasteiger partial charge in [0.2, 0.25) is 5.91 Å². The van der Waals surface area contributed by atoms with Crippen LogP contribution in [0.5, 0.6) is 0 Å². The fourth-order valence-corrected chi connectivity index (χ4v) is 5.82. The highest BCUT2D eigenvalue weighted by molar-refractivity contribution is 6.01. The van der Waals surface area contributed by atoms with Crippen LogP contribution in [-0.2, 0) is 20.7 Å². The number of ether oxygens (including phenoxy) is 1. The summed E-state index contributed by atoms with van der Waals surface area (Å²) in [6.07, 6.45) is 9.73. The van der Waals surface area contributed by atoms with Crippen molar-refractivity contribution in [3.05, 3.63) is 58.0 Å². The molecule has 9 heteroatoms. The number of piperazine rings is 1. The zero-order chi connectivity index (χ0) is 30.2. The van der Waals surface area contributed by atoms with E-state index in [9.17, 15) is 9.59 Å². The predicted octanol–water partition coefficient (Wildman–Crippen LogP) is 4.61. The number of amides is 2. The Kier molecular flexibility index (Phi) is 11.0. The highest BCUT2D eigenvalue weighted by Gasteiger charge is 2.37. The topological polar surface area (TPSA) is 90.4 Å². The van der Waals surface area contributed by atoms with Crippen LogP contribution in [0.25, 0.3) is 0 Å². The number of carbonyl (C=O) groups is 2. The molecule has 4 aliphatic rings. The Hall–Kier alpha value is -3.46. The van der Waals surface area contributed by atoms with Crippen LogP contribution in [0.1, 0.15) is 72.8 Å². The summed E-state index contributed by atoms with van der Waals surface area (Å²) in [5.74, 6) is 0.955.